The van der Waals surface area contributed by atoms with Gasteiger partial charge in [-0.3, -0.25) is 0 Å². The molecular formula is C12H15F3O. The van der Waals surface area contributed by atoms with Gasteiger partial charge in [0.1, 0.15) is 5.41 Å². The molecule has 1 saturated carbocycles. The van der Waals surface area contributed by atoms with E-state index >= 15 is 0 Å². The second-order valence-corrected chi connectivity index (χ2v) is 4.68. The molecule has 0 spiro atoms. The van der Waals surface area contributed by atoms with Crippen LogP contribution in [0.3, 0.4) is 0 Å². The molecule has 2 aliphatic carbocycles. The average molecular weight is 232 g/mol. The molecule has 0 saturated heterocycles. The first-order valence-corrected chi connectivity index (χ1v) is 5.55. The molecule has 1 atom stereocenters. The molecular weight excluding hydrogens is 217 g/mol. The van der Waals surface area contributed by atoms with Crippen LogP contribution in [0.5, 0.6) is 0 Å². The first-order chi connectivity index (χ1) is 7.48. The molecule has 4 heteroatoms. The Balaban J connectivity index is 2.13. The van der Waals surface area contributed by atoms with E-state index in [0.717, 1.165) is 24.5 Å². The Kier molecular flexibility index (Phi) is 2.86. The zero-order valence-electron chi connectivity index (χ0n) is 8.93. The van der Waals surface area contributed by atoms with E-state index in [9.17, 15) is 13.2 Å². The molecule has 0 heterocycles. The van der Waals surface area contributed by atoms with Gasteiger partial charge < -0.3 is 5.11 Å². The summed E-state index contributed by atoms with van der Waals surface area (Å²) in [7, 11) is 0. The van der Waals surface area contributed by atoms with Crippen molar-refractivity contribution in [2.75, 3.05) is 6.61 Å². The summed E-state index contributed by atoms with van der Waals surface area (Å²) in [5.41, 5.74) is -1.04. The molecule has 0 aromatic rings. The second kappa shape index (κ2) is 3.91. The number of rotatable bonds is 2. The van der Waals surface area contributed by atoms with Crippen LogP contribution in [0.15, 0.2) is 23.8 Å². The summed E-state index contributed by atoms with van der Waals surface area (Å²) < 4.78 is 38.3. The van der Waals surface area contributed by atoms with Crippen molar-refractivity contribution in [2.24, 2.45) is 11.3 Å². The summed E-state index contributed by atoms with van der Waals surface area (Å²) in [5.74, 6) is 0.446. The Hall–Kier alpha value is -0.770. The number of alkyl halides is 3. The summed E-state index contributed by atoms with van der Waals surface area (Å²) in [5, 5.41) is 8.97. The average Bonchev–Trinajstić information content (AvgIpc) is 2.15. The van der Waals surface area contributed by atoms with Crippen molar-refractivity contribution in [3.8, 4) is 0 Å². The van der Waals surface area contributed by atoms with Crippen LogP contribution in [0, 0.1) is 11.3 Å². The standard InChI is InChI=1S/C12H15F3O/c13-12(14,15)11(8-16)6-4-10(5-7-11)9-2-1-3-9/h4-6,9,16H,1-3,7-8H2. The summed E-state index contributed by atoms with van der Waals surface area (Å²) >= 11 is 0. The maximum Gasteiger partial charge on any atom is 0.400 e. The molecule has 0 radical (unpaired) electrons. The third-order valence-corrected chi connectivity index (χ3v) is 3.72. The van der Waals surface area contributed by atoms with Gasteiger partial charge in [0.2, 0.25) is 0 Å². The van der Waals surface area contributed by atoms with Gasteiger partial charge in [-0.25, -0.2) is 0 Å². The van der Waals surface area contributed by atoms with Crippen LogP contribution in [0.1, 0.15) is 25.7 Å². The van der Waals surface area contributed by atoms with Crippen molar-refractivity contribution < 1.29 is 18.3 Å². The third-order valence-electron chi connectivity index (χ3n) is 3.72. The number of hydrogen-bond donors (Lipinski definition) is 1. The number of aliphatic hydroxyl groups excluding tert-OH is 1. The quantitative estimate of drug-likeness (QED) is 0.775. The van der Waals surface area contributed by atoms with E-state index in [1.54, 1.807) is 12.2 Å². The topological polar surface area (TPSA) is 20.2 Å². The van der Waals surface area contributed by atoms with E-state index in [2.05, 4.69) is 0 Å². The third kappa shape index (κ3) is 1.79. The predicted molar refractivity (Wildman–Crippen MR) is 54.8 cm³/mol. The van der Waals surface area contributed by atoms with Gasteiger partial charge in [0, 0.05) is 0 Å². The van der Waals surface area contributed by atoms with Gasteiger partial charge in [-0.2, -0.15) is 13.2 Å². The smallest absolute Gasteiger partial charge is 0.395 e. The lowest BCUT2D eigenvalue weighted by atomic mass is 9.73. The molecule has 0 aromatic carbocycles. The van der Waals surface area contributed by atoms with Crippen molar-refractivity contribution in [2.45, 2.75) is 31.9 Å². The lowest BCUT2D eigenvalue weighted by molar-refractivity contribution is -0.216. The summed E-state index contributed by atoms with van der Waals surface area (Å²) in [6.07, 6.45) is 3.16. The number of hydrogen-bond acceptors (Lipinski definition) is 1. The van der Waals surface area contributed by atoms with Crippen molar-refractivity contribution in [1.82, 2.24) is 0 Å². The van der Waals surface area contributed by atoms with Gasteiger partial charge >= 0.3 is 6.18 Å². The van der Waals surface area contributed by atoms with Gasteiger partial charge in [0.15, 0.2) is 0 Å². The molecule has 1 fully saturated rings. The fraction of sp³-hybridized carbons (Fsp3) is 0.667. The van der Waals surface area contributed by atoms with Crippen LogP contribution in [-0.2, 0) is 0 Å². The maximum atomic E-state index is 12.8. The van der Waals surface area contributed by atoms with Gasteiger partial charge in [0.05, 0.1) is 6.61 Å². The van der Waals surface area contributed by atoms with Crippen molar-refractivity contribution >= 4 is 0 Å². The molecule has 0 amide bonds. The van der Waals surface area contributed by atoms with Crippen molar-refractivity contribution in [1.29, 1.82) is 0 Å². The van der Waals surface area contributed by atoms with Crippen LogP contribution in [-0.4, -0.2) is 17.9 Å². The molecule has 2 aliphatic rings. The lowest BCUT2D eigenvalue weighted by Crippen LogP contribution is -2.40. The number of aliphatic hydroxyl groups is 1. The van der Waals surface area contributed by atoms with E-state index in [4.69, 9.17) is 5.11 Å². The lowest BCUT2D eigenvalue weighted by Gasteiger charge is -2.35. The zero-order valence-corrected chi connectivity index (χ0v) is 8.93. The summed E-state index contributed by atoms with van der Waals surface area (Å²) in [6, 6.07) is 0. The minimum absolute atomic E-state index is 0.130. The first-order valence-electron chi connectivity index (χ1n) is 5.55. The largest absolute Gasteiger partial charge is 0.400 e. The summed E-state index contributed by atoms with van der Waals surface area (Å²) in [4.78, 5) is 0. The van der Waals surface area contributed by atoms with Crippen molar-refractivity contribution in [3.63, 3.8) is 0 Å². The number of allylic oxidation sites excluding steroid dienone is 3. The molecule has 16 heavy (non-hydrogen) atoms. The predicted octanol–water partition coefficient (Wildman–Crippen LogP) is 3.21. The summed E-state index contributed by atoms with van der Waals surface area (Å²) in [6.45, 7) is -0.874. The maximum absolute atomic E-state index is 12.8. The molecule has 1 nitrogen and oxygen atoms in total. The molecule has 1 unspecified atom stereocenters. The Labute approximate surface area is 92.7 Å². The van der Waals surface area contributed by atoms with Gasteiger partial charge in [0.25, 0.3) is 0 Å². The van der Waals surface area contributed by atoms with Crippen LogP contribution < -0.4 is 0 Å². The first kappa shape index (κ1) is 11.7. The minimum atomic E-state index is -4.38. The highest BCUT2D eigenvalue weighted by Crippen LogP contribution is 2.46. The Morgan fingerprint density at radius 3 is 2.38 bits per heavy atom. The highest BCUT2D eigenvalue weighted by atomic mass is 19.4. The second-order valence-electron chi connectivity index (χ2n) is 4.68. The van der Waals surface area contributed by atoms with E-state index in [1.807, 2.05) is 0 Å². The van der Waals surface area contributed by atoms with Crippen LogP contribution in [0.25, 0.3) is 0 Å². The van der Waals surface area contributed by atoms with E-state index < -0.39 is 18.2 Å². The molecule has 1 N–H and O–H groups in total. The Morgan fingerprint density at radius 2 is 2.06 bits per heavy atom. The normalized spacial score (nSPS) is 31.1. The Morgan fingerprint density at radius 1 is 1.38 bits per heavy atom. The monoisotopic (exact) mass is 232 g/mol. The molecule has 2 rings (SSSR count). The highest BCUT2D eigenvalue weighted by molar-refractivity contribution is 5.31. The fourth-order valence-electron chi connectivity index (χ4n) is 2.15. The SMILES string of the molecule is OCC1(C(F)(F)F)C=CC(C2CCC2)=CC1. The highest BCUT2D eigenvalue weighted by Gasteiger charge is 2.52. The van der Waals surface area contributed by atoms with Gasteiger partial charge in [-0.15, -0.1) is 0 Å². The Bertz CT molecular complexity index is 326. The molecule has 0 aromatic heterocycles. The number of halogens is 3. The molecule has 0 aliphatic heterocycles. The van der Waals surface area contributed by atoms with E-state index in [0.29, 0.717) is 5.92 Å². The van der Waals surface area contributed by atoms with E-state index in [-0.39, 0.29) is 6.42 Å². The van der Waals surface area contributed by atoms with E-state index in [1.165, 1.54) is 6.42 Å². The van der Waals surface area contributed by atoms with Gasteiger partial charge in [-0.1, -0.05) is 24.6 Å². The van der Waals surface area contributed by atoms with Crippen LogP contribution in [0.4, 0.5) is 13.2 Å². The zero-order chi connectivity index (χ0) is 11.8. The van der Waals surface area contributed by atoms with Crippen molar-refractivity contribution in [3.05, 3.63) is 23.8 Å². The molecule has 90 valence electrons. The molecule has 0 bridgehead atoms. The van der Waals surface area contributed by atoms with Gasteiger partial charge in [-0.05, 0) is 30.8 Å². The van der Waals surface area contributed by atoms with Crippen LogP contribution in [0.2, 0.25) is 0 Å². The van der Waals surface area contributed by atoms with Crippen LogP contribution >= 0.6 is 0 Å². The minimum Gasteiger partial charge on any atom is -0.395 e. The fourth-order valence-corrected chi connectivity index (χ4v) is 2.15.